The molecule has 0 unspecified atom stereocenters. The lowest BCUT2D eigenvalue weighted by molar-refractivity contribution is -0.119. The summed E-state index contributed by atoms with van der Waals surface area (Å²) >= 11 is 1.62. The SMILES string of the molecule is CNC(=O)NC(=O)CN[C@H](c1ccccc1)c1cccs1. The molecule has 0 aliphatic carbocycles. The standard InChI is InChI=1S/C15H17N3O2S/c1-16-15(20)18-13(19)10-17-14(12-8-5-9-21-12)11-6-3-2-4-7-11/h2-9,14,17H,10H2,1H3,(H2,16,18,19,20)/t14-/m1/s1. The average molecular weight is 303 g/mol. The number of imide groups is 1. The maximum absolute atomic E-state index is 11.7. The van der Waals surface area contributed by atoms with Gasteiger partial charge in [0.1, 0.15) is 0 Å². The summed E-state index contributed by atoms with van der Waals surface area (Å²) in [6, 6.07) is 13.3. The highest BCUT2D eigenvalue weighted by Crippen LogP contribution is 2.25. The number of carbonyl (C=O) groups is 2. The van der Waals surface area contributed by atoms with Crippen molar-refractivity contribution in [3.63, 3.8) is 0 Å². The van der Waals surface area contributed by atoms with Crippen molar-refractivity contribution in [1.29, 1.82) is 0 Å². The number of benzene rings is 1. The number of rotatable bonds is 5. The lowest BCUT2D eigenvalue weighted by atomic mass is 10.1. The van der Waals surface area contributed by atoms with E-state index in [2.05, 4.69) is 16.0 Å². The van der Waals surface area contributed by atoms with Crippen molar-refractivity contribution in [1.82, 2.24) is 16.0 Å². The minimum Gasteiger partial charge on any atom is -0.341 e. The van der Waals surface area contributed by atoms with Crippen molar-refractivity contribution in [3.8, 4) is 0 Å². The Kier molecular flexibility index (Phi) is 5.48. The second kappa shape index (κ2) is 7.56. The molecule has 21 heavy (non-hydrogen) atoms. The third kappa shape index (κ3) is 4.40. The van der Waals surface area contributed by atoms with Crippen LogP contribution in [0, 0.1) is 0 Å². The molecule has 1 atom stereocenters. The van der Waals surface area contributed by atoms with Crippen LogP contribution in [0.3, 0.4) is 0 Å². The van der Waals surface area contributed by atoms with Gasteiger partial charge in [0.15, 0.2) is 0 Å². The summed E-state index contributed by atoms with van der Waals surface area (Å²) in [5, 5.41) is 9.76. The molecule has 3 amide bonds. The Morgan fingerprint density at radius 2 is 1.90 bits per heavy atom. The third-order valence-corrected chi connectivity index (χ3v) is 3.84. The molecule has 2 aromatic rings. The quantitative estimate of drug-likeness (QED) is 0.790. The average Bonchev–Trinajstić information content (AvgIpc) is 3.02. The van der Waals surface area contributed by atoms with E-state index in [0.717, 1.165) is 10.4 Å². The second-order valence-electron chi connectivity index (χ2n) is 4.37. The van der Waals surface area contributed by atoms with Crippen LogP contribution < -0.4 is 16.0 Å². The highest BCUT2D eigenvalue weighted by atomic mass is 32.1. The first-order valence-electron chi connectivity index (χ1n) is 6.54. The number of nitrogens with one attached hydrogen (secondary N) is 3. The van der Waals surface area contributed by atoms with E-state index in [1.807, 2.05) is 47.8 Å². The van der Waals surface area contributed by atoms with Gasteiger partial charge in [0.05, 0.1) is 12.6 Å². The number of hydrogen-bond acceptors (Lipinski definition) is 4. The Labute approximate surface area is 127 Å². The summed E-state index contributed by atoms with van der Waals surface area (Å²) in [4.78, 5) is 23.9. The normalized spacial score (nSPS) is 11.7. The van der Waals surface area contributed by atoms with Crippen LogP contribution in [0.25, 0.3) is 0 Å². The summed E-state index contributed by atoms with van der Waals surface area (Å²) in [5.74, 6) is -0.369. The Morgan fingerprint density at radius 1 is 1.14 bits per heavy atom. The van der Waals surface area contributed by atoms with Gasteiger partial charge in [0.2, 0.25) is 5.91 Å². The monoisotopic (exact) mass is 303 g/mol. The molecular weight excluding hydrogens is 286 g/mol. The number of urea groups is 1. The van der Waals surface area contributed by atoms with Crippen molar-refractivity contribution in [2.45, 2.75) is 6.04 Å². The maximum atomic E-state index is 11.7. The molecule has 6 heteroatoms. The molecule has 0 fully saturated rings. The summed E-state index contributed by atoms with van der Waals surface area (Å²) in [5.41, 5.74) is 1.08. The van der Waals surface area contributed by atoms with E-state index < -0.39 is 6.03 Å². The van der Waals surface area contributed by atoms with E-state index in [0.29, 0.717) is 0 Å². The molecule has 0 saturated carbocycles. The molecule has 2 rings (SSSR count). The maximum Gasteiger partial charge on any atom is 0.321 e. The van der Waals surface area contributed by atoms with E-state index in [1.54, 1.807) is 11.3 Å². The van der Waals surface area contributed by atoms with Gasteiger partial charge in [-0.1, -0.05) is 36.4 Å². The van der Waals surface area contributed by atoms with Gasteiger partial charge >= 0.3 is 6.03 Å². The number of thiophene rings is 1. The van der Waals surface area contributed by atoms with Crippen molar-refractivity contribution >= 4 is 23.3 Å². The third-order valence-electron chi connectivity index (χ3n) is 2.91. The van der Waals surface area contributed by atoms with Crippen LogP contribution in [0.2, 0.25) is 0 Å². The molecule has 1 heterocycles. The van der Waals surface area contributed by atoms with E-state index in [-0.39, 0.29) is 18.5 Å². The van der Waals surface area contributed by atoms with Crippen molar-refractivity contribution in [2.75, 3.05) is 13.6 Å². The van der Waals surface area contributed by atoms with Gasteiger partial charge in [-0.25, -0.2) is 4.79 Å². The zero-order valence-electron chi connectivity index (χ0n) is 11.6. The second-order valence-corrected chi connectivity index (χ2v) is 5.35. The Bertz CT molecular complexity index is 584. The van der Waals surface area contributed by atoms with Gasteiger partial charge in [-0.05, 0) is 17.0 Å². The molecule has 0 spiro atoms. The van der Waals surface area contributed by atoms with Gasteiger partial charge < -0.3 is 5.32 Å². The molecule has 0 saturated heterocycles. The Hall–Kier alpha value is -2.18. The lowest BCUT2D eigenvalue weighted by Gasteiger charge is -2.17. The molecule has 0 aliphatic heterocycles. The first-order chi connectivity index (χ1) is 10.2. The summed E-state index contributed by atoms with van der Waals surface area (Å²) in [6.07, 6.45) is 0. The fourth-order valence-electron chi connectivity index (χ4n) is 1.91. The zero-order valence-corrected chi connectivity index (χ0v) is 12.4. The number of amides is 3. The molecule has 1 aromatic carbocycles. The number of carbonyl (C=O) groups excluding carboxylic acids is 2. The minimum atomic E-state index is -0.505. The van der Waals surface area contributed by atoms with E-state index in [4.69, 9.17) is 0 Å². The van der Waals surface area contributed by atoms with E-state index in [1.165, 1.54) is 7.05 Å². The molecular formula is C15H17N3O2S. The smallest absolute Gasteiger partial charge is 0.321 e. The van der Waals surface area contributed by atoms with E-state index in [9.17, 15) is 9.59 Å². The van der Waals surface area contributed by atoms with Crippen LogP contribution in [0.5, 0.6) is 0 Å². The van der Waals surface area contributed by atoms with Gasteiger partial charge in [0.25, 0.3) is 0 Å². The highest BCUT2D eigenvalue weighted by molar-refractivity contribution is 7.10. The van der Waals surface area contributed by atoms with Gasteiger partial charge in [0, 0.05) is 11.9 Å². The van der Waals surface area contributed by atoms with Crippen LogP contribution in [0.1, 0.15) is 16.5 Å². The predicted octanol–water partition coefficient (Wildman–Crippen LogP) is 1.88. The molecule has 110 valence electrons. The highest BCUT2D eigenvalue weighted by Gasteiger charge is 2.16. The first-order valence-corrected chi connectivity index (χ1v) is 7.42. The summed E-state index contributed by atoms with van der Waals surface area (Å²) in [6.45, 7) is 0.0604. The summed E-state index contributed by atoms with van der Waals surface area (Å²) in [7, 11) is 1.47. The minimum absolute atomic E-state index is 0.0604. The van der Waals surface area contributed by atoms with Crippen molar-refractivity contribution < 1.29 is 9.59 Å². The fourth-order valence-corrected chi connectivity index (χ4v) is 2.74. The zero-order chi connectivity index (χ0) is 15.1. The molecule has 0 bridgehead atoms. The predicted molar refractivity (Wildman–Crippen MR) is 83.2 cm³/mol. The Morgan fingerprint density at radius 3 is 2.52 bits per heavy atom. The molecule has 0 aliphatic rings. The van der Waals surface area contributed by atoms with Crippen LogP contribution in [-0.2, 0) is 4.79 Å². The van der Waals surface area contributed by atoms with Crippen LogP contribution in [0.4, 0.5) is 4.79 Å². The lowest BCUT2D eigenvalue weighted by Crippen LogP contribution is -2.42. The summed E-state index contributed by atoms with van der Waals surface area (Å²) < 4.78 is 0. The fraction of sp³-hybridized carbons (Fsp3) is 0.200. The molecule has 1 aromatic heterocycles. The van der Waals surface area contributed by atoms with Gasteiger partial charge in [-0.3, -0.25) is 15.4 Å². The van der Waals surface area contributed by atoms with Gasteiger partial charge in [-0.15, -0.1) is 11.3 Å². The number of hydrogen-bond donors (Lipinski definition) is 3. The molecule has 5 nitrogen and oxygen atoms in total. The van der Waals surface area contributed by atoms with Gasteiger partial charge in [-0.2, -0.15) is 0 Å². The van der Waals surface area contributed by atoms with E-state index >= 15 is 0 Å². The van der Waals surface area contributed by atoms with Crippen LogP contribution in [-0.4, -0.2) is 25.5 Å². The largest absolute Gasteiger partial charge is 0.341 e. The molecule has 3 N–H and O–H groups in total. The van der Waals surface area contributed by atoms with Crippen LogP contribution in [0.15, 0.2) is 47.8 Å². The topological polar surface area (TPSA) is 70.2 Å². The molecule has 0 radical (unpaired) electrons. The van der Waals surface area contributed by atoms with Crippen molar-refractivity contribution in [2.24, 2.45) is 0 Å². The van der Waals surface area contributed by atoms with Crippen LogP contribution >= 0.6 is 11.3 Å². The Balaban J connectivity index is 2.04. The first kappa shape index (κ1) is 15.2. The van der Waals surface area contributed by atoms with Crippen molar-refractivity contribution in [3.05, 3.63) is 58.3 Å².